The van der Waals surface area contributed by atoms with E-state index in [1.807, 2.05) is 24.4 Å². The van der Waals surface area contributed by atoms with Crippen molar-refractivity contribution in [1.29, 1.82) is 0 Å². The molecule has 0 aliphatic carbocycles. The third kappa shape index (κ3) is 4.60. The van der Waals surface area contributed by atoms with E-state index in [2.05, 4.69) is 35.1 Å². The molecule has 120 valence electrons. The van der Waals surface area contributed by atoms with E-state index in [0.29, 0.717) is 6.04 Å². The third-order valence-electron chi connectivity index (χ3n) is 3.93. The summed E-state index contributed by atoms with van der Waals surface area (Å²) in [6, 6.07) is 12.9. The Labute approximate surface area is 144 Å². The number of nitrogens with zero attached hydrogens (tertiary/aromatic N) is 2. The number of aromatic nitrogens is 1. The van der Waals surface area contributed by atoms with E-state index in [1.165, 1.54) is 24.9 Å². The molecule has 1 atom stereocenters. The maximum Gasteiger partial charge on any atom is 0.138 e. The number of benzene rings is 1. The fourth-order valence-electron chi connectivity index (χ4n) is 2.67. The van der Waals surface area contributed by atoms with Gasteiger partial charge in [-0.2, -0.15) is 0 Å². The third-order valence-corrected chi connectivity index (χ3v) is 3.93. The van der Waals surface area contributed by atoms with Crippen LogP contribution >= 0.6 is 24.8 Å². The molecule has 0 N–H and O–H groups in total. The Hall–Kier alpha value is -1.29. The zero-order chi connectivity index (χ0) is 13.8. The lowest BCUT2D eigenvalue weighted by molar-refractivity contribution is 0.198. The Morgan fingerprint density at radius 2 is 1.91 bits per heavy atom. The van der Waals surface area contributed by atoms with Gasteiger partial charge in [0.15, 0.2) is 0 Å². The van der Waals surface area contributed by atoms with Gasteiger partial charge in [0.25, 0.3) is 0 Å². The minimum Gasteiger partial charge on any atom is -0.490 e. The van der Waals surface area contributed by atoms with Crippen LogP contribution in [-0.4, -0.2) is 36.1 Å². The molecule has 1 aromatic heterocycles. The van der Waals surface area contributed by atoms with Crippen molar-refractivity contribution in [3.8, 4) is 16.9 Å². The molecule has 1 aliphatic heterocycles. The van der Waals surface area contributed by atoms with Crippen LogP contribution in [0.2, 0.25) is 0 Å². The van der Waals surface area contributed by atoms with Gasteiger partial charge in [0, 0.05) is 17.8 Å². The summed E-state index contributed by atoms with van der Waals surface area (Å²) in [5, 5.41) is 0. The first-order chi connectivity index (χ1) is 9.83. The van der Waals surface area contributed by atoms with Crippen molar-refractivity contribution in [3.63, 3.8) is 0 Å². The van der Waals surface area contributed by atoms with Crippen LogP contribution in [0, 0.1) is 0 Å². The lowest BCUT2D eigenvalue weighted by atomic mass is 10.1. The minimum atomic E-state index is 0. The number of rotatable bonds is 4. The number of likely N-dealkylation sites (tertiary alicyclic amines) is 1. The fourth-order valence-corrected chi connectivity index (χ4v) is 2.67. The van der Waals surface area contributed by atoms with Gasteiger partial charge >= 0.3 is 0 Å². The first-order valence-corrected chi connectivity index (χ1v) is 7.16. The molecule has 5 heteroatoms. The second-order valence-electron chi connectivity index (χ2n) is 5.36. The van der Waals surface area contributed by atoms with Crippen LogP contribution in [0.5, 0.6) is 5.75 Å². The Morgan fingerprint density at radius 3 is 2.59 bits per heavy atom. The summed E-state index contributed by atoms with van der Waals surface area (Å²) in [4.78, 5) is 6.66. The molecular weight excluding hydrogens is 319 g/mol. The van der Waals surface area contributed by atoms with Crippen molar-refractivity contribution in [2.75, 3.05) is 20.2 Å². The first-order valence-electron chi connectivity index (χ1n) is 7.16. The molecule has 1 saturated heterocycles. The zero-order valence-corrected chi connectivity index (χ0v) is 14.3. The van der Waals surface area contributed by atoms with E-state index < -0.39 is 0 Å². The van der Waals surface area contributed by atoms with E-state index >= 15 is 0 Å². The van der Waals surface area contributed by atoms with Crippen molar-refractivity contribution >= 4 is 24.8 Å². The van der Waals surface area contributed by atoms with Crippen molar-refractivity contribution in [2.24, 2.45) is 0 Å². The van der Waals surface area contributed by atoms with Crippen LogP contribution in [0.25, 0.3) is 11.1 Å². The largest absolute Gasteiger partial charge is 0.490 e. The Balaban J connectivity index is 0.00000121. The Morgan fingerprint density at radius 1 is 1.14 bits per heavy atom. The second-order valence-corrected chi connectivity index (χ2v) is 5.36. The molecule has 3 rings (SSSR count). The summed E-state index contributed by atoms with van der Waals surface area (Å²) in [5.41, 5.74) is 2.27. The van der Waals surface area contributed by atoms with Gasteiger partial charge in [-0.15, -0.1) is 24.8 Å². The summed E-state index contributed by atoms with van der Waals surface area (Å²) in [6.07, 6.45) is 6.17. The van der Waals surface area contributed by atoms with Crippen molar-refractivity contribution in [3.05, 3.63) is 48.8 Å². The van der Waals surface area contributed by atoms with Crippen LogP contribution in [0.15, 0.2) is 48.8 Å². The van der Waals surface area contributed by atoms with E-state index in [9.17, 15) is 0 Å². The van der Waals surface area contributed by atoms with Gasteiger partial charge in [-0.25, -0.2) is 0 Å². The molecule has 0 unspecified atom stereocenters. The first kappa shape index (κ1) is 18.8. The number of ether oxygens (including phenoxy) is 1. The molecule has 2 aromatic rings. The predicted molar refractivity (Wildman–Crippen MR) is 95.3 cm³/mol. The Kier molecular flexibility index (Phi) is 7.66. The highest BCUT2D eigenvalue weighted by Crippen LogP contribution is 2.23. The molecule has 0 bridgehead atoms. The van der Waals surface area contributed by atoms with E-state index in [1.54, 1.807) is 6.20 Å². The number of pyridine rings is 1. The molecule has 1 fully saturated rings. The van der Waals surface area contributed by atoms with Crippen LogP contribution in [0.3, 0.4) is 0 Å². The van der Waals surface area contributed by atoms with Gasteiger partial charge in [0.05, 0.1) is 6.20 Å². The zero-order valence-electron chi connectivity index (χ0n) is 12.6. The summed E-state index contributed by atoms with van der Waals surface area (Å²) >= 11 is 0. The monoisotopic (exact) mass is 340 g/mol. The smallest absolute Gasteiger partial charge is 0.138 e. The molecule has 22 heavy (non-hydrogen) atoms. The number of likely N-dealkylation sites (N-methyl/N-ethyl adjacent to an activating group) is 1. The van der Waals surface area contributed by atoms with Crippen molar-refractivity contribution < 1.29 is 4.74 Å². The summed E-state index contributed by atoms with van der Waals surface area (Å²) < 4.78 is 5.92. The van der Waals surface area contributed by atoms with Gasteiger partial charge < -0.3 is 9.64 Å². The fraction of sp³-hybridized carbons (Fsp3) is 0.353. The van der Waals surface area contributed by atoms with Gasteiger partial charge in [-0.05, 0) is 38.1 Å². The van der Waals surface area contributed by atoms with Crippen molar-refractivity contribution in [2.45, 2.75) is 18.9 Å². The molecular formula is C17H22Cl2N2O. The standard InChI is InChI=1S/C17H20N2O.2ClH/c1-19-9-5-8-16(19)13-20-17-10-15(11-18-12-17)14-6-3-2-4-7-14;;/h2-4,6-7,10-12,16H,5,8-9,13H2,1H3;2*1H/t16-;;/m1../s1. The predicted octanol–water partition coefficient (Wildman–Crippen LogP) is 4.07. The lowest BCUT2D eigenvalue weighted by Gasteiger charge is -2.19. The van der Waals surface area contributed by atoms with Gasteiger partial charge in [0.2, 0.25) is 0 Å². The lowest BCUT2D eigenvalue weighted by Crippen LogP contribution is -2.30. The quantitative estimate of drug-likeness (QED) is 0.838. The topological polar surface area (TPSA) is 25.4 Å². The SMILES string of the molecule is CN1CCC[C@@H]1COc1cncc(-c2ccccc2)c1.Cl.Cl. The molecule has 0 saturated carbocycles. The highest BCUT2D eigenvalue weighted by Gasteiger charge is 2.21. The molecule has 2 heterocycles. The highest BCUT2D eigenvalue weighted by atomic mass is 35.5. The molecule has 3 nitrogen and oxygen atoms in total. The van der Waals surface area contributed by atoms with Crippen LogP contribution in [-0.2, 0) is 0 Å². The molecule has 1 aromatic carbocycles. The normalized spacial score (nSPS) is 17.4. The highest BCUT2D eigenvalue weighted by molar-refractivity contribution is 5.85. The number of hydrogen-bond donors (Lipinski definition) is 0. The second kappa shape index (κ2) is 8.99. The van der Waals surface area contributed by atoms with E-state index in [4.69, 9.17) is 4.74 Å². The molecule has 0 radical (unpaired) electrons. The Bertz CT molecular complexity index is 566. The van der Waals surface area contributed by atoms with E-state index in [0.717, 1.165) is 17.9 Å². The maximum atomic E-state index is 5.92. The van der Waals surface area contributed by atoms with Crippen LogP contribution < -0.4 is 4.74 Å². The van der Waals surface area contributed by atoms with E-state index in [-0.39, 0.29) is 24.8 Å². The van der Waals surface area contributed by atoms with Crippen molar-refractivity contribution in [1.82, 2.24) is 9.88 Å². The minimum absolute atomic E-state index is 0. The maximum absolute atomic E-state index is 5.92. The summed E-state index contributed by atoms with van der Waals surface area (Å²) in [7, 11) is 2.17. The van der Waals surface area contributed by atoms with Crippen LogP contribution in [0.4, 0.5) is 0 Å². The molecule has 0 amide bonds. The molecule has 0 spiro atoms. The summed E-state index contributed by atoms with van der Waals surface area (Å²) in [6.45, 7) is 1.92. The molecule has 1 aliphatic rings. The summed E-state index contributed by atoms with van der Waals surface area (Å²) in [5.74, 6) is 0.853. The number of hydrogen-bond acceptors (Lipinski definition) is 3. The van der Waals surface area contributed by atoms with Crippen LogP contribution in [0.1, 0.15) is 12.8 Å². The van der Waals surface area contributed by atoms with Gasteiger partial charge in [-0.3, -0.25) is 4.98 Å². The van der Waals surface area contributed by atoms with Gasteiger partial charge in [-0.1, -0.05) is 30.3 Å². The van der Waals surface area contributed by atoms with Gasteiger partial charge in [0.1, 0.15) is 12.4 Å². The average Bonchev–Trinajstić information content (AvgIpc) is 2.92. The number of halogens is 2. The average molecular weight is 341 g/mol.